The second-order valence-electron chi connectivity index (χ2n) is 6.49. The molecule has 0 bridgehead atoms. The fraction of sp³-hybridized carbons (Fsp3) is 0.474. The first-order valence-corrected chi connectivity index (χ1v) is 8.71. The Bertz CT molecular complexity index is 670. The van der Waals surface area contributed by atoms with Crippen molar-refractivity contribution in [2.45, 2.75) is 26.7 Å². The Morgan fingerprint density at radius 1 is 1.29 bits per heavy atom. The van der Waals surface area contributed by atoms with E-state index in [1.54, 1.807) is 6.07 Å². The van der Waals surface area contributed by atoms with Gasteiger partial charge in [-0.25, -0.2) is 0 Å². The number of hydrogen-bond acceptors (Lipinski definition) is 4. The van der Waals surface area contributed by atoms with E-state index in [2.05, 4.69) is 17.4 Å². The van der Waals surface area contributed by atoms with Crippen molar-refractivity contribution in [3.8, 4) is 11.3 Å². The van der Waals surface area contributed by atoms with Crippen LogP contribution in [0.3, 0.4) is 0 Å². The monoisotopic (exact) mass is 327 g/mol. The molecular formula is C19H25N3O2. The molecule has 0 aliphatic carbocycles. The number of carbonyl (C=O) groups is 1. The van der Waals surface area contributed by atoms with Gasteiger partial charge in [0.1, 0.15) is 5.69 Å². The van der Waals surface area contributed by atoms with Crippen molar-refractivity contribution in [3.63, 3.8) is 0 Å². The third-order valence-corrected chi connectivity index (χ3v) is 4.65. The molecule has 0 saturated carbocycles. The predicted octanol–water partition coefficient (Wildman–Crippen LogP) is 3.11. The highest BCUT2D eigenvalue weighted by Gasteiger charge is 2.26. The van der Waals surface area contributed by atoms with E-state index in [0.717, 1.165) is 44.6 Å². The summed E-state index contributed by atoms with van der Waals surface area (Å²) in [5.41, 5.74) is 2.87. The Morgan fingerprint density at radius 2 is 2.00 bits per heavy atom. The minimum Gasteiger partial charge on any atom is -0.350 e. The number of rotatable bonds is 5. The van der Waals surface area contributed by atoms with E-state index in [-0.39, 0.29) is 5.91 Å². The quantitative estimate of drug-likeness (QED) is 0.917. The molecule has 1 aliphatic heterocycles. The van der Waals surface area contributed by atoms with Crippen LogP contribution in [0.4, 0.5) is 0 Å². The molecular weight excluding hydrogens is 302 g/mol. The van der Waals surface area contributed by atoms with Crippen LogP contribution in [0.15, 0.2) is 34.9 Å². The molecule has 1 aromatic carbocycles. The van der Waals surface area contributed by atoms with Crippen molar-refractivity contribution in [2.24, 2.45) is 5.92 Å². The van der Waals surface area contributed by atoms with Crippen LogP contribution < -0.4 is 5.32 Å². The summed E-state index contributed by atoms with van der Waals surface area (Å²) in [5.74, 6) is 0.935. The van der Waals surface area contributed by atoms with E-state index in [0.29, 0.717) is 17.4 Å². The molecule has 2 heterocycles. The van der Waals surface area contributed by atoms with Gasteiger partial charge in [-0.1, -0.05) is 41.9 Å². The molecule has 0 atom stereocenters. The lowest BCUT2D eigenvalue weighted by atomic mass is 9.96. The zero-order valence-electron chi connectivity index (χ0n) is 14.4. The molecule has 1 amide bonds. The molecule has 5 nitrogen and oxygen atoms in total. The molecule has 1 aliphatic rings. The molecule has 1 fully saturated rings. The van der Waals surface area contributed by atoms with Crippen LogP contribution in [-0.4, -0.2) is 42.1 Å². The van der Waals surface area contributed by atoms with E-state index in [1.165, 1.54) is 5.56 Å². The van der Waals surface area contributed by atoms with Crippen LogP contribution >= 0.6 is 0 Å². The lowest BCUT2D eigenvalue weighted by Crippen LogP contribution is -2.40. The van der Waals surface area contributed by atoms with Crippen molar-refractivity contribution < 1.29 is 9.32 Å². The molecule has 5 heteroatoms. The van der Waals surface area contributed by atoms with E-state index >= 15 is 0 Å². The smallest absolute Gasteiger partial charge is 0.292 e. The highest BCUT2D eigenvalue weighted by atomic mass is 16.5. The Morgan fingerprint density at radius 3 is 2.67 bits per heavy atom. The first-order valence-electron chi connectivity index (χ1n) is 8.71. The first-order chi connectivity index (χ1) is 11.7. The zero-order chi connectivity index (χ0) is 16.9. The fourth-order valence-corrected chi connectivity index (χ4v) is 3.08. The van der Waals surface area contributed by atoms with E-state index < -0.39 is 0 Å². The van der Waals surface area contributed by atoms with Crippen LogP contribution in [-0.2, 0) is 0 Å². The van der Waals surface area contributed by atoms with Gasteiger partial charge in [-0.3, -0.25) is 4.79 Å². The van der Waals surface area contributed by atoms with Gasteiger partial charge in [-0.15, -0.1) is 0 Å². The van der Waals surface area contributed by atoms with Gasteiger partial charge in [0.25, 0.3) is 5.91 Å². The maximum Gasteiger partial charge on any atom is 0.292 e. The van der Waals surface area contributed by atoms with Gasteiger partial charge in [0.15, 0.2) is 0 Å². The largest absolute Gasteiger partial charge is 0.350 e. The lowest BCUT2D eigenvalue weighted by molar-refractivity contribution is 0.0648. The summed E-state index contributed by atoms with van der Waals surface area (Å²) in [6.45, 7) is 7.78. The molecule has 3 rings (SSSR count). The number of nitrogens with zero attached hydrogens (tertiary/aromatic N) is 2. The van der Waals surface area contributed by atoms with Gasteiger partial charge in [0.2, 0.25) is 5.76 Å². The summed E-state index contributed by atoms with van der Waals surface area (Å²) < 4.78 is 5.30. The van der Waals surface area contributed by atoms with Gasteiger partial charge in [0, 0.05) is 24.7 Å². The van der Waals surface area contributed by atoms with E-state index in [4.69, 9.17) is 4.52 Å². The minimum atomic E-state index is -0.0530. The number of hydrogen-bond donors (Lipinski definition) is 1. The summed E-state index contributed by atoms with van der Waals surface area (Å²) in [6, 6.07) is 9.79. The molecule has 128 valence electrons. The Hall–Kier alpha value is -2.14. The molecule has 1 aromatic heterocycles. The summed E-state index contributed by atoms with van der Waals surface area (Å²) in [7, 11) is 0. The third kappa shape index (κ3) is 3.85. The van der Waals surface area contributed by atoms with Crippen LogP contribution in [0.5, 0.6) is 0 Å². The van der Waals surface area contributed by atoms with E-state index in [1.807, 2.05) is 36.1 Å². The number of aromatic nitrogens is 1. The maximum atomic E-state index is 12.6. The average Bonchev–Trinajstić information content (AvgIpc) is 3.10. The zero-order valence-corrected chi connectivity index (χ0v) is 14.4. The van der Waals surface area contributed by atoms with Crippen LogP contribution in [0.2, 0.25) is 0 Å². The van der Waals surface area contributed by atoms with Crippen molar-refractivity contribution in [1.82, 2.24) is 15.4 Å². The number of likely N-dealkylation sites (tertiary alicyclic amines) is 1. The number of carbonyl (C=O) groups excluding carboxylic acids is 1. The number of aryl methyl sites for hydroxylation is 1. The van der Waals surface area contributed by atoms with Gasteiger partial charge >= 0.3 is 0 Å². The minimum absolute atomic E-state index is 0.0530. The summed E-state index contributed by atoms with van der Waals surface area (Å²) >= 11 is 0. The number of benzene rings is 1. The van der Waals surface area contributed by atoms with E-state index in [9.17, 15) is 4.79 Å². The summed E-state index contributed by atoms with van der Waals surface area (Å²) in [5, 5.41) is 7.44. The Balaban J connectivity index is 1.61. The summed E-state index contributed by atoms with van der Waals surface area (Å²) in [4.78, 5) is 14.5. The van der Waals surface area contributed by atoms with Crippen molar-refractivity contribution >= 4 is 5.91 Å². The van der Waals surface area contributed by atoms with Crippen LogP contribution in [0.25, 0.3) is 11.3 Å². The first kappa shape index (κ1) is 16.7. The topological polar surface area (TPSA) is 58.4 Å². The van der Waals surface area contributed by atoms with Crippen LogP contribution in [0.1, 0.15) is 35.9 Å². The van der Waals surface area contributed by atoms with Gasteiger partial charge in [0.05, 0.1) is 0 Å². The lowest BCUT2D eigenvalue weighted by Gasteiger charge is -2.31. The molecule has 24 heavy (non-hydrogen) atoms. The summed E-state index contributed by atoms with van der Waals surface area (Å²) in [6.07, 6.45) is 2.08. The molecule has 1 saturated heterocycles. The molecule has 0 radical (unpaired) electrons. The number of nitrogens with one attached hydrogen (secondary N) is 1. The SMILES string of the molecule is CCNCC1CCN(C(=O)c2cc(-c3ccc(C)cc3)no2)CC1. The maximum absolute atomic E-state index is 12.6. The highest BCUT2D eigenvalue weighted by molar-refractivity contribution is 5.92. The van der Waals surface area contributed by atoms with Gasteiger partial charge in [-0.05, 0) is 38.8 Å². The number of amides is 1. The number of piperidine rings is 1. The van der Waals surface area contributed by atoms with Crippen molar-refractivity contribution in [3.05, 3.63) is 41.7 Å². The molecule has 0 spiro atoms. The van der Waals surface area contributed by atoms with Gasteiger partial charge in [-0.2, -0.15) is 0 Å². The Kier molecular flexibility index (Phi) is 5.30. The average molecular weight is 327 g/mol. The second kappa shape index (κ2) is 7.62. The van der Waals surface area contributed by atoms with Gasteiger partial charge < -0.3 is 14.7 Å². The predicted molar refractivity (Wildman–Crippen MR) is 93.8 cm³/mol. The standard InChI is InChI=1S/C19H25N3O2/c1-3-20-13-15-8-10-22(11-9-15)19(23)18-12-17(21-24-18)16-6-4-14(2)5-7-16/h4-7,12,15,20H,3,8-11,13H2,1-2H3. The second-order valence-corrected chi connectivity index (χ2v) is 6.49. The van der Waals surface area contributed by atoms with Crippen LogP contribution in [0, 0.1) is 12.8 Å². The molecule has 2 aromatic rings. The normalized spacial score (nSPS) is 15.7. The van der Waals surface area contributed by atoms with Crippen molar-refractivity contribution in [2.75, 3.05) is 26.2 Å². The highest BCUT2D eigenvalue weighted by Crippen LogP contribution is 2.22. The van der Waals surface area contributed by atoms with Crippen molar-refractivity contribution in [1.29, 1.82) is 0 Å². The fourth-order valence-electron chi connectivity index (χ4n) is 3.08. The third-order valence-electron chi connectivity index (χ3n) is 4.65. The molecule has 0 unspecified atom stereocenters. The Labute approximate surface area is 143 Å². The molecule has 1 N–H and O–H groups in total.